The number of ether oxygens (including phenoxy) is 1. The van der Waals surface area contributed by atoms with Gasteiger partial charge in [0, 0.05) is 17.0 Å². The molecule has 0 spiro atoms. The van der Waals surface area contributed by atoms with Gasteiger partial charge in [-0.2, -0.15) is 0 Å². The third kappa shape index (κ3) is 5.54. The Kier molecular flexibility index (Phi) is 7.00. The van der Waals surface area contributed by atoms with Crippen LogP contribution in [0.4, 0.5) is 0 Å². The van der Waals surface area contributed by atoms with E-state index in [1.165, 1.54) is 0 Å². The number of carbonyl (C=O) groups excluding carboxylic acids is 1. The first-order valence-corrected chi connectivity index (χ1v) is 8.30. The molecule has 0 heterocycles. The van der Waals surface area contributed by atoms with Gasteiger partial charge in [0.15, 0.2) is 0 Å². The second-order valence-corrected chi connectivity index (χ2v) is 5.92. The van der Waals surface area contributed by atoms with E-state index in [1.54, 1.807) is 11.9 Å². The first-order chi connectivity index (χ1) is 10.8. The van der Waals surface area contributed by atoms with Gasteiger partial charge in [-0.25, -0.2) is 0 Å². The van der Waals surface area contributed by atoms with Gasteiger partial charge in [0.25, 0.3) is 0 Å². The Bertz CT molecular complexity index is 567. The van der Waals surface area contributed by atoms with Gasteiger partial charge in [0.1, 0.15) is 12.0 Å². The molecule has 0 aromatic heterocycles. The predicted molar refractivity (Wildman–Crippen MR) is 91.4 cm³/mol. The average molecular weight is 315 g/mol. The van der Waals surface area contributed by atoms with E-state index in [2.05, 4.69) is 23.8 Å². The van der Waals surface area contributed by atoms with Crippen LogP contribution in [0.1, 0.15) is 35.7 Å². The normalized spacial score (nSPS) is 10.4. The van der Waals surface area contributed by atoms with Crippen LogP contribution in [0.2, 0.25) is 0 Å². The molecular formula is C18H21NO2S. The molecule has 0 atom stereocenters. The van der Waals surface area contributed by atoms with E-state index in [1.807, 2.05) is 36.4 Å². The lowest BCUT2D eigenvalue weighted by Gasteiger charge is -2.07. The molecule has 0 aliphatic carbocycles. The summed E-state index contributed by atoms with van der Waals surface area (Å²) in [5.41, 5.74) is 1.85. The predicted octanol–water partition coefficient (Wildman–Crippen LogP) is 4.47. The zero-order valence-electron chi connectivity index (χ0n) is 12.7. The molecule has 22 heavy (non-hydrogen) atoms. The second-order valence-electron chi connectivity index (χ2n) is 4.96. The van der Waals surface area contributed by atoms with Gasteiger partial charge in [-0.1, -0.05) is 37.6 Å². The summed E-state index contributed by atoms with van der Waals surface area (Å²) in [5, 5.41) is 0. The van der Waals surface area contributed by atoms with Crippen LogP contribution < -0.4 is 9.46 Å². The maximum atomic E-state index is 10.6. The van der Waals surface area contributed by atoms with Crippen LogP contribution in [0, 0.1) is 0 Å². The van der Waals surface area contributed by atoms with Gasteiger partial charge in [-0.15, -0.1) is 0 Å². The molecule has 4 heteroatoms. The number of hydrogen-bond acceptors (Lipinski definition) is 4. The molecule has 0 amide bonds. The van der Waals surface area contributed by atoms with Crippen LogP contribution >= 0.6 is 11.9 Å². The van der Waals surface area contributed by atoms with E-state index in [9.17, 15) is 4.79 Å². The van der Waals surface area contributed by atoms with Gasteiger partial charge in [0.05, 0.1) is 6.61 Å². The molecule has 0 saturated heterocycles. The third-order valence-electron chi connectivity index (χ3n) is 3.17. The van der Waals surface area contributed by atoms with Crippen molar-refractivity contribution in [2.75, 3.05) is 6.61 Å². The molecule has 1 N–H and O–H groups in total. The maximum absolute atomic E-state index is 10.6. The van der Waals surface area contributed by atoms with E-state index in [-0.39, 0.29) is 0 Å². The fourth-order valence-electron chi connectivity index (χ4n) is 1.86. The first-order valence-electron chi connectivity index (χ1n) is 7.48. The minimum absolute atomic E-state index is 0.704. The minimum atomic E-state index is 0.704. The monoisotopic (exact) mass is 315 g/mol. The number of benzene rings is 2. The van der Waals surface area contributed by atoms with Gasteiger partial charge in [-0.05, 0) is 48.2 Å². The van der Waals surface area contributed by atoms with E-state index in [4.69, 9.17) is 4.74 Å². The highest BCUT2D eigenvalue weighted by Gasteiger charge is 1.98. The van der Waals surface area contributed by atoms with Crippen LogP contribution in [-0.2, 0) is 6.54 Å². The lowest BCUT2D eigenvalue weighted by atomic mass is 10.1. The topological polar surface area (TPSA) is 38.3 Å². The molecule has 2 rings (SSSR count). The van der Waals surface area contributed by atoms with Crippen molar-refractivity contribution < 1.29 is 9.53 Å². The minimum Gasteiger partial charge on any atom is -0.494 e. The van der Waals surface area contributed by atoms with Gasteiger partial charge >= 0.3 is 0 Å². The summed E-state index contributed by atoms with van der Waals surface area (Å²) >= 11 is 1.59. The van der Waals surface area contributed by atoms with Crippen molar-refractivity contribution in [1.29, 1.82) is 0 Å². The highest BCUT2D eigenvalue weighted by atomic mass is 32.2. The largest absolute Gasteiger partial charge is 0.494 e. The summed E-state index contributed by atoms with van der Waals surface area (Å²) in [6.07, 6.45) is 3.09. The molecule has 3 nitrogen and oxygen atoms in total. The number of nitrogens with one attached hydrogen (secondary N) is 1. The van der Waals surface area contributed by atoms with Crippen LogP contribution in [0.25, 0.3) is 0 Å². The Labute approximate surface area is 136 Å². The van der Waals surface area contributed by atoms with Gasteiger partial charge in [-0.3, -0.25) is 9.52 Å². The fourth-order valence-corrected chi connectivity index (χ4v) is 2.53. The van der Waals surface area contributed by atoms with Crippen molar-refractivity contribution in [2.24, 2.45) is 0 Å². The molecule has 0 fully saturated rings. The van der Waals surface area contributed by atoms with Crippen molar-refractivity contribution in [3.05, 3.63) is 59.7 Å². The lowest BCUT2D eigenvalue weighted by molar-refractivity contribution is 0.112. The van der Waals surface area contributed by atoms with Gasteiger partial charge < -0.3 is 4.74 Å². The van der Waals surface area contributed by atoms with E-state index in [0.29, 0.717) is 5.56 Å². The highest BCUT2D eigenvalue weighted by molar-refractivity contribution is 7.97. The Morgan fingerprint density at radius 3 is 2.45 bits per heavy atom. The summed E-state index contributed by atoms with van der Waals surface area (Å²) in [6, 6.07) is 15.7. The Morgan fingerprint density at radius 1 is 1.09 bits per heavy atom. The molecule has 0 saturated carbocycles. The van der Waals surface area contributed by atoms with Crippen LogP contribution in [0.3, 0.4) is 0 Å². The fraction of sp³-hybridized carbons (Fsp3) is 0.278. The summed E-state index contributed by atoms with van der Waals surface area (Å²) in [7, 11) is 0. The Hall–Kier alpha value is -1.78. The van der Waals surface area contributed by atoms with Gasteiger partial charge in [0.2, 0.25) is 0 Å². The van der Waals surface area contributed by atoms with Crippen molar-refractivity contribution >= 4 is 18.2 Å². The summed E-state index contributed by atoms with van der Waals surface area (Å²) in [6.45, 7) is 3.68. The van der Waals surface area contributed by atoms with Crippen molar-refractivity contribution in [1.82, 2.24) is 4.72 Å². The van der Waals surface area contributed by atoms with Crippen molar-refractivity contribution in [2.45, 2.75) is 31.2 Å². The molecule has 116 valence electrons. The smallest absolute Gasteiger partial charge is 0.150 e. The average Bonchev–Trinajstić information content (AvgIpc) is 2.57. The van der Waals surface area contributed by atoms with E-state index in [0.717, 1.165) is 48.5 Å². The molecule has 0 bridgehead atoms. The quantitative estimate of drug-likeness (QED) is 0.421. The number of rotatable bonds is 9. The summed E-state index contributed by atoms with van der Waals surface area (Å²) in [4.78, 5) is 11.7. The molecule has 0 unspecified atom stereocenters. The standard InChI is InChI=1S/C18H21NO2S/c1-2-3-12-21-17-8-10-18(11-9-17)22-19-13-15-4-6-16(14-20)7-5-15/h4-11,14,19H,2-3,12-13H2,1H3. The zero-order chi connectivity index (χ0) is 15.6. The Balaban J connectivity index is 1.75. The molecule has 0 aliphatic rings. The SMILES string of the molecule is CCCCOc1ccc(SNCc2ccc(C=O)cc2)cc1. The highest BCUT2D eigenvalue weighted by Crippen LogP contribution is 2.20. The molecule has 0 aliphatic heterocycles. The third-order valence-corrected chi connectivity index (χ3v) is 3.97. The number of aldehydes is 1. The van der Waals surface area contributed by atoms with Crippen molar-refractivity contribution in [3.8, 4) is 5.75 Å². The Morgan fingerprint density at radius 2 is 1.82 bits per heavy atom. The number of carbonyl (C=O) groups is 1. The molecule has 2 aromatic rings. The van der Waals surface area contributed by atoms with E-state index < -0.39 is 0 Å². The van der Waals surface area contributed by atoms with E-state index >= 15 is 0 Å². The maximum Gasteiger partial charge on any atom is 0.150 e. The van der Waals surface area contributed by atoms with Crippen LogP contribution in [0.15, 0.2) is 53.4 Å². The molecule has 0 radical (unpaired) electrons. The summed E-state index contributed by atoms with van der Waals surface area (Å²) < 4.78 is 8.95. The number of hydrogen-bond donors (Lipinski definition) is 1. The zero-order valence-corrected chi connectivity index (χ0v) is 13.6. The first kappa shape index (κ1) is 16.6. The molecule has 2 aromatic carbocycles. The van der Waals surface area contributed by atoms with Crippen molar-refractivity contribution in [3.63, 3.8) is 0 Å². The second kappa shape index (κ2) is 9.28. The van der Waals surface area contributed by atoms with Crippen LogP contribution in [0.5, 0.6) is 5.75 Å². The summed E-state index contributed by atoms with van der Waals surface area (Å²) in [5.74, 6) is 0.919. The lowest BCUT2D eigenvalue weighted by Crippen LogP contribution is -2.03. The number of unbranched alkanes of at least 4 members (excludes halogenated alkanes) is 1. The van der Waals surface area contributed by atoms with Crippen LogP contribution in [-0.4, -0.2) is 12.9 Å². The molecular weight excluding hydrogens is 294 g/mol.